The van der Waals surface area contributed by atoms with Crippen LogP contribution in [0.3, 0.4) is 0 Å². The minimum atomic E-state index is 0.483. The third-order valence-electron chi connectivity index (χ3n) is 19.0. The molecule has 6 aromatic heterocycles. The summed E-state index contributed by atoms with van der Waals surface area (Å²) < 4.78 is 18.4. The molecule has 2 fully saturated rings. The number of aromatic nitrogens is 8. The lowest BCUT2D eigenvalue weighted by molar-refractivity contribution is 0.444. The highest BCUT2D eigenvalue weighted by molar-refractivity contribution is 6.24. The van der Waals surface area contributed by atoms with Crippen LogP contribution in [0.2, 0.25) is 0 Å². The summed E-state index contributed by atoms with van der Waals surface area (Å²) in [7, 11) is 0. The van der Waals surface area contributed by atoms with E-state index in [9.17, 15) is 0 Å². The average Bonchev–Trinajstić information content (AvgIpc) is 1.67. The van der Waals surface area contributed by atoms with Gasteiger partial charge in [-0.15, -0.1) is 0 Å². The Kier molecular flexibility index (Phi) is 11.8. The molecule has 2 aliphatic carbocycles. The van der Waals surface area contributed by atoms with E-state index in [1.807, 2.05) is 60.7 Å². The zero-order valence-corrected chi connectivity index (χ0v) is 48.4. The summed E-state index contributed by atoms with van der Waals surface area (Å²) in [5.74, 6) is 4.28. The second kappa shape index (κ2) is 20.6. The molecule has 18 rings (SSSR count). The zero-order valence-electron chi connectivity index (χ0n) is 48.4. The molecule has 0 atom stereocenters. The van der Waals surface area contributed by atoms with Crippen molar-refractivity contribution in [1.29, 1.82) is 0 Å². The molecule has 0 N–H and O–H groups in total. The standard InChI is InChI=1S/C78H58N8O2/c1-5-20-47(21-6-1)51-38-42-65-63(45-51)57-40-41-58-64-46-52(48-22-7-2-8-23-48)39-43-66(64)86(70(58)69(57)85(65)54-29-17-28-53(44-54)75-80-73(49-24-9-3-10-25-49)79-74(81-75)50-26-11-4-12-27-50)78-83-76(61-34-18-32-59-55-30-13-15-36-67(55)87-71(59)61)82-77(84-78)62-35-19-33-60-56-31-14-16-37-68(56)88-72(60)62/h3-4,9-19,24-48H,1-2,5-8,20-23H2. The summed E-state index contributed by atoms with van der Waals surface area (Å²) in [6, 6.07) is 77.3. The molecule has 422 valence electrons. The van der Waals surface area contributed by atoms with Gasteiger partial charge in [0.15, 0.2) is 29.1 Å². The first-order chi connectivity index (χ1) is 43.6. The number of para-hydroxylation sites is 4. The number of hydrogen-bond acceptors (Lipinski definition) is 8. The van der Waals surface area contributed by atoms with Crippen LogP contribution in [0.4, 0.5) is 0 Å². The Morgan fingerprint density at radius 2 is 0.739 bits per heavy atom. The van der Waals surface area contributed by atoms with E-state index in [1.54, 1.807) is 0 Å². The lowest BCUT2D eigenvalue weighted by Gasteiger charge is -2.22. The summed E-state index contributed by atoms with van der Waals surface area (Å²) in [6.45, 7) is 0. The van der Waals surface area contributed by atoms with E-state index in [4.69, 9.17) is 38.7 Å². The van der Waals surface area contributed by atoms with Crippen LogP contribution in [0, 0.1) is 0 Å². The van der Waals surface area contributed by atoms with Crippen LogP contribution in [0.1, 0.15) is 87.2 Å². The Balaban J connectivity index is 0.947. The number of nitrogens with zero attached hydrogens (tertiary/aromatic N) is 8. The van der Waals surface area contributed by atoms with Crippen molar-refractivity contribution in [2.45, 2.75) is 76.0 Å². The van der Waals surface area contributed by atoms with Gasteiger partial charge in [-0.25, -0.2) is 19.9 Å². The molecule has 0 amide bonds. The van der Waals surface area contributed by atoms with Crippen molar-refractivity contribution in [1.82, 2.24) is 39.0 Å². The number of fused-ring (bicyclic) bond motifs is 13. The minimum absolute atomic E-state index is 0.483. The normalized spacial score (nSPS) is 14.5. The highest BCUT2D eigenvalue weighted by Gasteiger charge is 2.28. The number of rotatable bonds is 9. The smallest absolute Gasteiger partial charge is 0.238 e. The van der Waals surface area contributed by atoms with Gasteiger partial charge in [-0.1, -0.05) is 196 Å². The molecule has 0 bridgehead atoms. The van der Waals surface area contributed by atoms with Crippen LogP contribution in [0.15, 0.2) is 227 Å². The maximum absolute atomic E-state index is 6.80. The Bertz CT molecular complexity index is 5240. The molecular weight excluding hydrogens is 1080 g/mol. The summed E-state index contributed by atoms with van der Waals surface area (Å²) in [6.07, 6.45) is 12.3. The summed E-state index contributed by atoms with van der Waals surface area (Å²) in [4.78, 5) is 32.5. The minimum Gasteiger partial charge on any atom is -0.455 e. The van der Waals surface area contributed by atoms with Gasteiger partial charge in [0.25, 0.3) is 0 Å². The molecule has 16 aromatic rings. The third-order valence-corrected chi connectivity index (χ3v) is 19.0. The molecule has 0 aliphatic heterocycles. The monoisotopic (exact) mass is 1140 g/mol. The Morgan fingerprint density at radius 3 is 1.27 bits per heavy atom. The maximum atomic E-state index is 6.80. The molecule has 6 heterocycles. The predicted molar refractivity (Wildman–Crippen MR) is 355 cm³/mol. The lowest BCUT2D eigenvalue weighted by atomic mass is 9.83. The van der Waals surface area contributed by atoms with Gasteiger partial charge < -0.3 is 13.4 Å². The first-order valence-electron chi connectivity index (χ1n) is 31.2. The van der Waals surface area contributed by atoms with Gasteiger partial charge in [-0.2, -0.15) is 9.97 Å². The van der Waals surface area contributed by atoms with Crippen molar-refractivity contribution in [3.05, 3.63) is 230 Å². The fourth-order valence-electron chi connectivity index (χ4n) is 14.8. The van der Waals surface area contributed by atoms with Crippen LogP contribution in [0.25, 0.3) is 156 Å². The van der Waals surface area contributed by atoms with Crippen molar-refractivity contribution in [3.8, 4) is 68.6 Å². The fourth-order valence-corrected chi connectivity index (χ4v) is 14.8. The lowest BCUT2D eigenvalue weighted by Crippen LogP contribution is -2.08. The van der Waals surface area contributed by atoms with Gasteiger partial charge in [0.05, 0.1) is 33.2 Å². The fraction of sp³-hybridized carbons (Fsp3) is 0.154. The molecule has 0 unspecified atom stereocenters. The molecule has 88 heavy (non-hydrogen) atoms. The van der Waals surface area contributed by atoms with E-state index in [0.717, 1.165) is 104 Å². The van der Waals surface area contributed by atoms with Crippen LogP contribution >= 0.6 is 0 Å². The second-order valence-corrected chi connectivity index (χ2v) is 24.2. The largest absolute Gasteiger partial charge is 0.455 e. The molecule has 10 heteroatoms. The van der Waals surface area contributed by atoms with Crippen LogP contribution in [-0.4, -0.2) is 39.0 Å². The SMILES string of the molecule is c1ccc(-c2nc(-c3ccccc3)nc(-c3cccc(-n4c5ccc(C6CCCCC6)cc5c5ccc6c7cc(C8CCCCC8)ccc7n(-c7nc(-c8cccc9c8oc8ccccc89)nc(-c8cccc9c8oc8ccccc89)n7)c6c54)c3)n2)cc1. The molecule has 10 nitrogen and oxygen atoms in total. The Hall–Kier alpha value is -10.6. The van der Waals surface area contributed by atoms with Gasteiger partial charge in [0.2, 0.25) is 5.95 Å². The van der Waals surface area contributed by atoms with Crippen molar-refractivity contribution >= 4 is 87.5 Å². The summed E-state index contributed by atoms with van der Waals surface area (Å²) in [5.41, 5.74) is 15.2. The first kappa shape index (κ1) is 50.7. The summed E-state index contributed by atoms with van der Waals surface area (Å²) >= 11 is 0. The zero-order chi connectivity index (χ0) is 57.8. The first-order valence-corrected chi connectivity index (χ1v) is 31.2. The van der Waals surface area contributed by atoms with E-state index in [1.165, 1.54) is 80.7 Å². The van der Waals surface area contributed by atoms with Gasteiger partial charge >= 0.3 is 0 Å². The van der Waals surface area contributed by atoms with Crippen LogP contribution in [0.5, 0.6) is 0 Å². The van der Waals surface area contributed by atoms with Crippen molar-refractivity contribution in [2.24, 2.45) is 0 Å². The van der Waals surface area contributed by atoms with Crippen molar-refractivity contribution in [2.75, 3.05) is 0 Å². The van der Waals surface area contributed by atoms with E-state index in [0.29, 0.717) is 58.1 Å². The van der Waals surface area contributed by atoms with Gasteiger partial charge in [-0.05, 0) is 109 Å². The molecule has 2 saturated carbocycles. The molecule has 0 radical (unpaired) electrons. The summed E-state index contributed by atoms with van der Waals surface area (Å²) in [5, 5.41) is 8.68. The Labute approximate surface area is 506 Å². The number of hydrogen-bond donors (Lipinski definition) is 0. The second-order valence-electron chi connectivity index (χ2n) is 24.2. The number of benzene rings is 10. The maximum Gasteiger partial charge on any atom is 0.238 e. The highest BCUT2D eigenvalue weighted by Crippen LogP contribution is 2.46. The van der Waals surface area contributed by atoms with Crippen LogP contribution in [-0.2, 0) is 0 Å². The highest BCUT2D eigenvalue weighted by atomic mass is 16.3. The van der Waals surface area contributed by atoms with Crippen molar-refractivity contribution in [3.63, 3.8) is 0 Å². The Morgan fingerprint density at radius 1 is 0.307 bits per heavy atom. The van der Waals surface area contributed by atoms with E-state index < -0.39 is 0 Å². The van der Waals surface area contributed by atoms with E-state index in [-0.39, 0.29) is 0 Å². The molecular formula is C78H58N8O2. The number of furan rings is 2. The molecule has 0 spiro atoms. The quantitative estimate of drug-likeness (QED) is 0.140. The molecule has 10 aromatic carbocycles. The van der Waals surface area contributed by atoms with Gasteiger partial charge in [0.1, 0.15) is 22.3 Å². The average molecular weight is 1140 g/mol. The van der Waals surface area contributed by atoms with Crippen molar-refractivity contribution < 1.29 is 8.83 Å². The van der Waals surface area contributed by atoms with Gasteiger partial charge in [-0.3, -0.25) is 4.57 Å². The molecule has 0 saturated heterocycles. The molecule has 2 aliphatic rings. The van der Waals surface area contributed by atoms with E-state index >= 15 is 0 Å². The predicted octanol–water partition coefficient (Wildman–Crippen LogP) is 20.5. The van der Waals surface area contributed by atoms with Crippen LogP contribution < -0.4 is 0 Å². The van der Waals surface area contributed by atoms with E-state index in [2.05, 4.69) is 167 Å². The topological polar surface area (TPSA) is 113 Å². The van der Waals surface area contributed by atoms with Gasteiger partial charge in [0, 0.05) is 65.5 Å². The third kappa shape index (κ3) is 8.29.